The highest BCUT2D eigenvalue weighted by Crippen LogP contribution is 2.33. The third kappa shape index (κ3) is 3.33. The Hall–Kier alpha value is -0.810. The average molecular weight is 276 g/mol. The van der Waals surface area contributed by atoms with Gasteiger partial charge in [-0.1, -0.05) is 6.92 Å². The van der Waals surface area contributed by atoms with Crippen molar-refractivity contribution in [3.05, 3.63) is 18.3 Å². The third-order valence-corrected chi connectivity index (χ3v) is 4.27. The molecule has 1 heterocycles. The molecule has 1 aromatic rings. The van der Waals surface area contributed by atoms with E-state index in [1.165, 1.54) is 31.2 Å². The van der Waals surface area contributed by atoms with Crippen molar-refractivity contribution in [2.45, 2.75) is 24.7 Å². The molecule has 0 spiro atoms. The van der Waals surface area contributed by atoms with E-state index in [2.05, 4.69) is 11.9 Å². The maximum absolute atomic E-state index is 11.0. The molecule has 2 rings (SSSR count). The Bertz CT molecular complexity index is 480. The van der Waals surface area contributed by atoms with Crippen molar-refractivity contribution in [3.63, 3.8) is 0 Å². The molecule has 1 saturated carbocycles. The topological polar surface area (TPSA) is 56.3 Å². The van der Waals surface area contributed by atoms with Gasteiger partial charge in [0.05, 0.1) is 12.8 Å². The lowest BCUT2D eigenvalue weighted by atomic mass is 9.77. The molecule has 94 valence electrons. The molecule has 1 aromatic heterocycles. The first-order valence-corrected chi connectivity index (χ1v) is 7.79. The summed E-state index contributed by atoms with van der Waals surface area (Å²) in [7, 11) is 1.48. The first-order chi connectivity index (χ1) is 7.95. The van der Waals surface area contributed by atoms with Crippen LogP contribution in [0.2, 0.25) is 0 Å². The van der Waals surface area contributed by atoms with Crippen LogP contribution in [0.1, 0.15) is 19.8 Å². The molecule has 0 bridgehead atoms. The van der Waals surface area contributed by atoms with Gasteiger partial charge in [-0.05, 0) is 30.7 Å². The standard InChI is InChI=1S/C11H14ClNO3S/c1-8-4-9(5-8)7-16-11-3-2-10(6-13-11)17(12,14)15/h2-3,6,8-9H,4-5,7H2,1H3. The quantitative estimate of drug-likeness (QED) is 0.792. The minimum Gasteiger partial charge on any atom is -0.477 e. The van der Waals surface area contributed by atoms with Crippen LogP contribution in [0.25, 0.3) is 0 Å². The van der Waals surface area contributed by atoms with E-state index in [0.717, 1.165) is 5.92 Å². The molecular formula is C11H14ClNO3S. The number of hydrogen-bond donors (Lipinski definition) is 0. The molecule has 1 fully saturated rings. The lowest BCUT2D eigenvalue weighted by Crippen LogP contribution is -2.26. The van der Waals surface area contributed by atoms with Crippen LogP contribution in [-0.2, 0) is 9.05 Å². The normalized spacial score (nSPS) is 24.1. The molecule has 0 radical (unpaired) electrons. The molecule has 0 N–H and O–H groups in total. The Morgan fingerprint density at radius 1 is 1.47 bits per heavy atom. The van der Waals surface area contributed by atoms with Gasteiger partial charge in [0.25, 0.3) is 9.05 Å². The second-order valence-corrected chi connectivity index (χ2v) is 7.09. The van der Waals surface area contributed by atoms with Crippen LogP contribution in [0.5, 0.6) is 5.88 Å². The number of pyridine rings is 1. The van der Waals surface area contributed by atoms with Crippen LogP contribution in [0.15, 0.2) is 23.2 Å². The fourth-order valence-corrected chi connectivity index (χ4v) is 2.69. The summed E-state index contributed by atoms with van der Waals surface area (Å²) in [6, 6.07) is 2.92. The second kappa shape index (κ2) is 4.82. The van der Waals surface area contributed by atoms with Gasteiger partial charge in [-0.15, -0.1) is 0 Å². The largest absolute Gasteiger partial charge is 0.477 e. The summed E-state index contributed by atoms with van der Waals surface area (Å²) in [6.07, 6.45) is 3.59. The molecule has 4 nitrogen and oxygen atoms in total. The Labute approximate surface area is 105 Å². The van der Waals surface area contributed by atoms with Crippen molar-refractivity contribution in [1.29, 1.82) is 0 Å². The van der Waals surface area contributed by atoms with Crippen LogP contribution in [0, 0.1) is 11.8 Å². The maximum Gasteiger partial charge on any atom is 0.262 e. The second-order valence-electron chi connectivity index (χ2n) is 4.52. The minimum absolute atomic E-state index is 0.0104. The lowest BCUT2D eigenvalue weighted by molar-refractivity contribution is 0.127. The number of ether oxygens (including phenoxy) is 1. The zero-order valence-corrected chi connectivity index (χ0v) is 11.0. The zero-order chi connectivity index (χ0) is 12.5. The van der Waals surface area contributed by atoms with Crippen LogP contribution >= 0.6 is 10.7 Å². The van der Waals surface area contributed by atoms with Gasteiger partial charge in [0, 0.05) is 16.7 Å². The fraction of sp³-hybridized carbons (Fsp3) is 0.545. The van der Waals surface area contributed by atoms with Crippen LogP contribution in [0.3, 0.4) is 0 Å². The van der Waals surface area contributed by atoms with Crippen molar-refractivity contribution in [2.24, 2.45) is 11.8 Å². The van der Waals surface area contributed by atoms with Crippen molar-refractivity contribution in [3.8, 4) is 5.88 Å². The first-order valence-electron chi connectivity index (χ1n) is 5.48. The number of hydrogen-bond acceptors (Lipinski definition) is 4. The molecule has 1 aliphatic carbocycles. The number of nitrogens with zero attached hydrogens (tertiary/aromatic N) is 1. The molecule has 6 heteroatoms. The monoisotopic (exact) mass is 275 g/mol. The molecule has 0 unspecified atom stereocenters. The lowest BCUT2D eigenvalue weighted by Gasteiger charge is -2.32. The molecule has 1 aliphatic rings. The average Bonchev–Trinajstić information content (AvgIpc) is 2.22. The van der Waals surface area contributed by atoms with E-state index in [-0.39, 0.29) is 4.90 Å². The Kier molecular flexibility index (Phi) is 3.58. The van der Waals surface area contributed by atoms with Gasteiger partial charge in [0.1, 0.15) is 4.90 Å². The molecular weight excluding hydrogens is 262 g/mol. The summed E-state index contributed by atoms with van der Waals surface area (Å²) in [6.45, 7) is 2.86. The summed E-state index contributed by atoms with van der Waals surface area (Å²) >= 11 is 0. The van der Waals surface area contributed by atoms with Crippen molar-refractivity contribution in [2.75, 3.05) is 6.61 Å². The number of rotatable bonds is 4. The molecule has 0 amide bonds. The first kappa shape index (κ1) is 12.6. The van der Waals surface area contributed by atoms with Crippen molar-refractivity contribution in [1.82, 2.24) is 4.98 Å². The molecule has 17 heavy (non-hydrogen) atoms. The van der Waals surface area contributed by atoms with Gasteiger partial charge in [0.15, 0.2) is 0 Å². The van der Waals surface area contributed by atoms with Crippen molar-refractivity contribution >= 4 is 19.7 Å². The molecule has 0 aliphatic heterocycles. The Morgan fingerprint density at radius 2 is 2.18 bits per heavy atom. The van der Waals surface area contributed by atoms with Crippen LogP contribution in [0.4, 0.5) is 0 Å². The maximum atomic E-state index is 11.0. The van der Waals surface area contributed by atoms with Crippen molar-refractivity contribution < 1.29 is 13.2 Å². The predicted molar refractivity (Wildman–Crippen MR) is 64.7 cm³/mol. The van der Waals surface area contributed by atoms with Crippen LogP contribution in [-0.4, -0.2) is 20.0 Å². The summed E-state index contributed by atoms with van der Waals surface area (Å²) in [5, 5.41) is 0. The van der Waals surface area contributed by atoms with Gasteiger partial charge >= 0.3 is 0 Å². The SMILES string of the molecule is CC1CC(COc2ccc(S(=O)(=O)Cl)cn2)C1. The van der Waals surface area contributed by atoms with E-state index in [4.69, 9.17) is 15.4 Å². The molecule has 0 aromatic carbocycles. The summed E-state index contributed by atoms with van der Waals surface area (Å²) < 4.78 is 27.4. The minimum atomic E-state index is -3.70. The van der Waals surface area contributed by atoms with Gasteiger partial charge < -0.3 is 4.74 Å². The predicted octanol–water partition coefficient (Wildman–Crippen LogP) is 2.43. The fourth-order valence-electron chi connectivity index (χ4n) is 2.00. The van der Waals surface area contributed by atoms with Crippen LogP contribution < -0.4 is 4.74 Å². The highest BCUT2D eigenvalue weighted by Gasteiger charge is 2.25. The Balaban J connectivity index is 1.90. The Morgan fingerprint density at radius 3 is 2.65 bits per heavy atom. The van der Waals surface area contributed by atoms with Gasteiger partial charge in [-0.3, -0.25) is 0 Å². The van der Waals surface area contributed by atoms with Gasteiger partial charge in [0.2, 0.25) is 5.88 Å². The highest BCUT2D eigenvalue weighted by molar-refractivity contribution is 8.13. The smallest absolute Gasteiger partial charge is 0.262 e. The summed E-state index contributed by atoms with van der Waals surface area (Å²) in [4.78, 5) is 3.90. The number of halogens is 1. The highest BCUT2D eigenvalue weighted by atomic mass is 35.7. The van der Waals surface area contributed by atoms with Gasteiger partial charge in [-0.25, -0.2) is 13.4 Å². The third-order valence-electron chi connectivity index (χ3n) is 2.93. The van der Waals surface area contributed by atoms with E-state index in [1.54, 1.807) is 0 Å². The van der Waals surface area contributed by atoms with E-state index >= 15 is 0 Å². The van der Waals surface area contributed by atoms with E-state index in [9.17, 15) is 8.42 Å². The van der Waals surface area contributed by atoms with E-state index < -0.39 is 9.05 Å². The summed E-state index contributed by atoms with van der Waals surface area (Å²) in [5.74, 6) is 1.83. The number of aromatic nitrogens is 1. The van der Waals surface area contributed by atoms with Gasteiger partial charge in [-0.2, -0.15) is 0 Å². The van der Waals surface area contributed by atoms with E-state index in [1.807, 2.05) is 0 Å². The zero-order valence-electron chi connectivity index (χ0n) is 9.47. The molecule has 0 atom stereocenters. The molecule has 0 saturated heterocycles. The summed E-state index contributed by atoms with van der Waals surface area (Å²) in [5.41, 5.74) is 0. The van der Waals surface area contributed by atoms with E-state index in [0.29, 0.717) is 18.4 Å².